The van der Waals surface area contributed by atoms with Crippen LogP contribution in [0, 0.1) is 0 Å². The van der Waals surface area contributed by atoms with E-state index in [1.54, 1.807) is 23.1 Å². The highest BCUT2D eigenvalue weighted by Gasteiger charge is 2.17. The molecule has 126 valence electrons. The maximum absolute atomic E-state index is 12.2. The normalized spacial score (nSPS) is 15.0. The highest BCUT2D eigenvalue weighted by Crippen LogP contribution is 2.16. The predicted molar refractivity (Wildman–Crippen MR) is 86.0 cm³/mol. The van der Waals surface area contributed by atoms with Gasteiger partial charge in [-0.25, -0.2) is 8.42 Å². The Morgan fingerprint density at radius 3 is 2.52 bits per heavy atom. The second-order valence-electron chi connectivity index (χ2n) is 5.08. The first-order chi connectivity index (χ1) is 10.9. The Bertz CT molecular complexity index is 683. The van der Waals surface area contributed by atoms with Crippen LogP contribution in [0.1, 0.15) is 20.3 Å². The Morgan fingerprint density at radius 1 is 1.30 bits per heavy atom. The summed E-state index contributed by atoms with van der Waals surface area (Å²) in [5.74, 6) is 0.633. The van der Waals surface area contributed by atoms with Crippen LogP contribution < -0.4 is 15.0 Å². The third-order valence-electron chi connectivity index (χ3n) is 3.45. The lowest BCUT2D eigenvalue weighted by molar-refractivity contribution is -0.128. The van der Waals surface area contributed by atoms with Gasteiger partial charge in [0.05, 0.1) is 11.5 Å². The lowest BCUT2D eigenvalue weighted by Gasteiger charge is -2.25. The first kappa shape index (κ1) is 17.3. The van der Waals surface area contributed by atoms with Gasteiger partial charge in [-0.05, 0) is 37.3 Å². The molecule has 0 atom stereocenters. The molecule has 1 aliphatic rings. The number of nitrogens with zero attached hydrogens (tertiary/aromatic N) is 1. The van der Waals surface area contributed by atoms with Gasteiger partial charge in [-0.3, -0.25) is 4.79 Å². The standard InChI is InChI=1S/C15H21N3O4S/c1-3-22-14-4-6-15(7-5-14)23(20,21)17-16-13-8-10-18(11-9-13)12(2)19/h4-8,16-17H,3,9-11H2,1-2H3. The van der Waals surface area contributed by atoms with E-state index in [2.05, 4.69) is 10.3 Å². The first-order valence-electron chi connectivity index (χ1n) is 7.37. The number of hydrazine groups is 1. The zero-order valence-electron chi connectivity index (χ0n) is 13.2. The SMILES string of the molecule is CCOc1ccc(S(=O)(=O)NNC2=CCN(C(C)=O)CC2)cc1. The Kier molecular flexibility index (Phi) is 5.62. The van der Waals surface area contributed by atoms with Crippen molar-refractivity contribution in [3.05, 3.63) is 36.0 Å². The summed E-state index contributed by atoms with van der Waals surface area (Å²) in [6, 6.07) is 6.20. The molecular formula is C15H21N3O4S. The summed E-state index contributed by atoms with van der Waals surface area (Å²) >= 11 is 0. The Labute approximate surface area is 136 Å². The molecule has 1 aromatic carbocycles. The number of carbonyl (C=O) groups excluding carboxylic acids is 1. The van der Waals surface area contributed by atoms with Gasteiger partial charge < -0.3 is 15.1 Å². The first-order valence-corrected chi connectivity index (χ1v) is 8.86. The average molecular weight is 339 g/mol. The van der Waals surface area contributed by atoms with E-state index in [0.717, 1.165) is 5.70 Å². The number of rotatable bonds is 6. The van der Waals surface area contributed by atoms with Gasteiger partial charge in [-0.2, -0.15) is 0 Å². The van der Waals surface area contributed by atoms with Gasteiger partial charge >= 0.3 is 0 Å². The molecule has 1 heterocycles. The van der Waals surface area contributed by atoms with Crippen molar-refractivity contribution in [3.8, 4) is 5.75 Å². The van der Waals surface area contributed by atoms with E-state index in [9.17, 15) is 13.2 Å². The minimum Gasteiger partial charge on any atom is -0.494 e. The summed E-state index contributed by atoms with van der Waals surface area (Å²) in [5, 5.41) is 0. The van der Waals surface area contributed by atoms with Crippen molar-refractivity contribution in [2.75, 3.05) is 19.7 Å². The number of hydrogen-bond acceptors (Lipinski definition) is 5. The Balaban J connectivity index is 1.95. The second kappa shape index (κ2) is 7.47. The molecule has 0 fully saturated rings. The van der Waals surface area contributed by atoms with Gasteiger partial charge in [0.1, 0.15) is 5.75 Å². The molecule has 0 saturated heterocycles. The van der Waals surface area contributed by atoms with E-state index in [1.807, 2.05) is 6.92 Å². The van der Waals surface area contributed by atoms with Gasteiger partial charge in [-0.15, -0.1) is 4.83 Å². The molecule has 0 spiro atoms. The summed E-state index contributed by atoms with van der Waals surface area (Å²) < 4.78 is 29.7. The number of ether oxygens (including phenoxy) is 1. The molecule has 2 rings (SSSR count). The number of sulfonamides is 1. The molecule has 1 aliphatic heterocycles. The van der Waals surface area contributed by atoms with Crippen LogP contribution >= 0.6 is 0 Å². The van der Waals surface area contributed by atoms with Crippen LogP contribution in [0.2, 0.25) is 0 Å². The average Bonchev–Trinajstić information content (AvgIpc) is 2.54. The summed E-state index contributed by atoms with van der Waals surface area (Å²) in [5.41, 5.74) is 3.46. The fraction of sp³-hybridized carbons (Fsp3) is 0.400. The summed E-state index contributed by atoms with van der Waals surface area (Å²) in [6.45, 7) is 4.95. The highest BCUT2D eigenvalue weighted by molar-refractivity contribution is 7.89. The quantitative estimate of drug-likeness (QED) is 0.755. The largest absolute Gasteiger partial charge is 0.494 e. The van der Waals surface area contributed by atoms with Crippen molar-refractivity contribution in [1.29, 1.82) is 0 Å². The monoisotopic (exact) mass is 339 g/mol. The van der Waals surface area contributed by atoms with Crippen molar-refractivity contribution >= 4 is 15.9 Å². The Morgan fingerprint density at radius 2 is 2.00 bits per heavy atom. The fourth-order valence-corrected chi connectivity index (χ4v) is 3.02. The van der Waals surface area contributed by atoms with Gasteiger partial charge in [0.25, 0.3) is 10.0 Å². The van der Waals surface area contributed by atoms with Gasteiger partial charge in [0.15, 0.2) is 0 Å². The zero-order valence-corrected chi connectivity index (χ0v) is 14.0. The molecule has 0 saturated carbocycles. The molecule has 0 bridgehead atoms. The molecule has 0 unspecified atom stereocenters. The fourth-order valence-electron chi connectivity index (χ4n) is 2.14. The van der Waals surface area contributed by atoms with Crippen LogP contribution in [0.3, 0.4) is 0 Å². The van der Waals surface area contributed by atoms with Crippen molar-refractivity contribution in [3.63, 3.8) is 0 Å². The number of benzene rings is 1. The van der Waals surface area contributed by atoms with E-state index in [-0.39, 0.29) is 10.8 Å². The number of nitrogens with one attached hydrogen (secondary N) is 2. The molecule has 7 nitrogen and oxygen atoms in total. The maximum Gasteiger partial charge on any atom is 0.257 e. The van der Waals surface area contributed by atoms with E-state index >= 15 is 0 Å². The zero-order chi connectivity index (χ0) is 16.9. The number of carbonyl (C=O) groups is 1. The van der Waals surface area contributed by atoms with Gasteiger partial charge in [-0.1, -0.05) is 0 Å². The maximum atomic E-state index is 12.2. The molecular weight excluding hydrogens is 318 g/mol. The molecule has 8 heteroatoms. The summed E-state index contributed by atoms with van der Waals surface area (Å²) in [6.07, 6.45) is 2.37. The van der Waals surface area contributed by atoms with Crippen LogP contribution in [0.15, 0.2) is 40.9 Å². The van der Waals surface area contributed by atoms with Crippen LogP contribution in [0.25, 0.3) is 0 Å². The molecule has 23 heavy (non-hydrogen) atoms. The van der Waals surface area contributed by atoms with Crippen molar-refractivity contribution < 1.29 is 17.9 Å². The molecule has 0 aromatic heterocycles. The van der Waals surface area contributed by atoms with E-state index in [4.69, 9.17) is 4.74 Å². The second-order valence-corrected chi connectivity index (χ2v) is 6.76. The number of hydrogen-bond donors (Lipinski definition) is 2. The Hall–Kier alpha value is -2.06. The topological polar surface area (TPSA) is 87.7 Å². The molecule has 1 amide bonds. The molecule has 0 radical (unpaired) electrons. The van der Waals surface area contributed by atoms with Gasteiger partial charge in [0.2, 0.25) is 5.91 Å². The smallest absolute Gasteiger partial charge is 0.257 e. The number of amides is 1. The minimum atomic E-state index is -3.66. The molecule has 1 aromatic rings. The third-order valence-corrected chi connectivity index (χ3v) is 4.71. The highest BCUT2D eigenvalue weighted by atomic mass is 32.2. The van der Waals surface area contributed by atoms with E-state index < -0.39 is 10.0 Å². The van der Waals surface area contributed by atoms with Crippen molar-refractivity contribution in [1.82, 2.24) is 15.2 Å². The lowest BCUT2D eigenvalue weighted by Crippen LogP contribution is -2.41. The van der Waals surface area contributed by atoms with Crippen LogP contribution in [0.4, 0.5) is 0 Å². The lowest BCUT2D eigenvalue weighted by atomic mass is 10.2. The third kappa shape index (κ3) is 4.70. The van der Waals surface area contributed by atoms with Crippen LogP contribution in [0.5, 0.6) is 5.75 Å². The summed E-state index contributed by atoms with van der Waals surface area (Å²) in [7, 11) is -3.66. The van der Waals surface area contributed by atoms with Crippen LogP contribution in [-0.2, 0) is 14.8 Å². The van der Waals surface area contributed by atoms with Crippen LogP contribution in [-0.4, -0.2) is 38.9 Å². The minimum absolute atomic E-state index is 0.00951. The van der Waals surface area contributed by atoms with Crippen molar-refractivity contribution in [2.45, 2.75) is 25.2 Å². The van der Waals surface area contributed by atoms with Crippen molar-refractivity contribution in [2.24, 2.45) is 0 Å². The summed E-state index contributed by atoms with van der Waals surface area (Å²) in [4.78, 5) is 15.4. The van der Waals surface area contributed by atoms with Gasteiger partial charge in [0, 0.05) is 32.1 Å². The molecule has 0 aliphatic carbocycles. The van der Waals surface area contributed by atoms with E-state index in [1.165, 1.54) is 19.1 Å². The molecule has 2 N–H and O–H groups in total. The predicted octanol–water partition coefficient (Wildman–Crippen LogP) is 1.00. The van der Waals surface area contributed by atoms with E-state index in [0.29, 0.717) is 31.9 Å².